The Labute approximate surface area is 119 Å². The average molecular weight is 266 g/mol. The SMILES string of the molecule is C=C(/C=C\C(=C/C)OC(C)OCC)C(C)C(C)(C)C. The first-order valence-electron chi connectivity index (χ1n) is 7.03. The van der Waals surface area contributed by atoms with Crippen LogP contribution in [0.1, 0.15) is 48.5 Å². The highest BCUT2D eigenvalue weighted by Crippen LogP contribution is 2.31. The quantitative estimate of drug-likeness (QED) is 0.363. The highest BCUT2D eigenvalue weighted by Gasteiger charge is 2.21. The predicted octanol–water partition coefficient (Wildman–Crippen LogP) is 5.08. The molecule has 0 heterocycles. The van der Waals surface area contributed by atoms with Crippen LogP contribution in [0.25, 0.3) is 0 Å². The van der Waals surface area contributed by atoms with E-state index in [0.717, 1.165) is 11.3 Å². The molecular formula is C17H30O2. The molecule has 0 radical (unpaired) electrons. The molecule has 2 unspecified atom stereocenters. The Hall–Kier alpha value is -1.02. The van der Waals surface area contributed by atoms with E-state index in [1.165, 1.54) is 0 Å². The summed E-state index contributed by atoms with van der Waals surface area (Å²) >= 11 is 0. The third-order valence-electron chi connectivity index (χ3n) is 3.30. The number of hydrogen-bond donors (Lipinski definition) is 0. The summed E-state index contributed by atoms with van der Waals surface area (Å²) in [6, 6.07) is 0. The van der Waals surface area contributed by atoms with Crippen LogP contribution < -0.4 is 0 Å². The molecule has 0 amide bonds. The summed E-state index contributed by atoms with van der Waals surface area (Å²) in [5.41, 5.74) is 1.33. The molecule has 0 aliphatic rings. The van der Waals surface area contributed by atoms with Crippen LogP contribution in [0, 0.1) is 11.3 Å². The van der Waals surface area contributed by atoms with Crippen molar-refractivity contribution in [1.29, 1.82) is 0 Å². The molecule has 2 nitrogen and oxygen atoms in total. The first-order chi connectivity index (χ1) is 8.72. The molecule has 0 fully saturated rings. The minimum atomic E-state index is -0.228. The minimum Gasteiger partial charge on any atom is -0.466 e. The van der Waals surface area contributed by atoms with Crippen molar-refractivity contribution >= 4 is 0 Å². The molecule has 0 N–H and O–H groups in total. The number of allylic oxidation sites excluding steroid dienone is 4. The summed E-state index contributed by atoms with van der Waals surface area (Å²) < 4.78 is 11.0. The van der Waals surface area contributed by atoms with Gasteiger partial charge in [-0.1, -0.05) is 45.9 Å². The number of rotatable bonds is 7. The summed E-state index contributed by atoms with van der Waals surface area (Å²) in [5.74, 6) is 1.23. The normalized spacial score (nSPS) is 16.5. The Kier molecular flexibility index (Phi) is 7.77. The lowest BCUT2D eigenvalue weighted by molar-refractivity contribution is -0.0957. The highest BCUT2D eigenvalue weighted by molar-refractivity contribution is 5.25. The molecule has 19 heavy (non-hydrogen) atoms. The van der Waals surface area contributed by atoms with Gasteiger partial charge >= 0.3 is 0 Å². The van der Waals surface area contributed by atoms with Crippen molar-refractivity contribution in [2.45, 2.75) is 54.8 Å². The van der Waals surface area contributed by atoms with Crippen molar-refractivity contribution in [3.05, 3.63) is 36.1 Å². The van der Waals surface area contributed by atoms with Gasteiger partial charge in [0.1, 0.15) is 5.76 Å². The van der Waals surface area contributed by atoms with E-state index >= 15 is 0 Å². The van der Waals surface area contributed by atoms with Crippen LogP contribution in [0.5, 0.6) is 0 Å². The fourth-order valence-corrected chi connectivity index (χ4v) is 1.55. The summed E-state index contributed by atoms with van der Waals surface area (Å²) in [5, 5.41) is 0. The lowest BCUT2D eigenvalue weighted by Gasteiger charge is -2.27. The zero-order valence-corrected chi connectivity index (χ0v) is 13.6. The highest BCUT2D eigenvalue weighted by atomic mass is 16.7. The zero-order chi connectivity index (χ0) is 15.1. The first-order valence-corrected chi connectivity index (χ1v) is 7.03. The molecule has 0 rings (SSSR count). The maximum atomic E-state index is 5.67. The molecule has 0 aliphatic carbocycles. The van der Waals surface area contributed by atoms with Crippen LogP contribution in [0.4, 0.5) is 0 Å². The monoisotopic (exact) mass is 266 g/mol. The van der Waals surface area contributed by atoms with Gasteiger partial charge in [0.2, 0.25) is 0 Å². The predicted molar refractivity (Wildman–Crippen MR) is 82.8 cm³/mol. The van der Waals surface area contributed by atoms with Crippen LogP contribution in [0.15, 0.2) is 36.1 Å². The molecule has 2 atom stereocenters. The standard InChI is InChI=1S/C17H30O2/c1-9-16(19-15(5)18-10-2)12-11-13(3)14(4)17(6,7)8/h9,11-12,14-15H,3,10H2,1-2,4-8H3/b12-11-,16-9+. The molecule has 110 valence electrons. The Balaban J connectivity index is 4.56. The smallest absolute Gasteiger partial charge is 0.196 e. The summed E-state index contributed by atoms with van der Waals surface area (Å²) in [4.78, 5) is 0. The van der Waals surface area contributed by atoms with Gasteiger partial charge in [-0.25, -0.2) is 0 Å². The van der Waals surface area contributed by atoms with E-state index in [-0.39, 0.29) is 11.7 Å². The van der Waals surface area contributed by atoms with Crippen LogP contribution >= 0.6 is 0 Å². The van der Waals surface area contributed by atoms with E-state index in [1.807, 2.05) is 39.0 Å². The fourth-order valence-electron chi connectivity index (χ4n) is 1.55. The van der Waals surface area contributed by atoms with Gasteiger partial charge in [0.05, 0.1) is 0 Å². The van der Waals surface area contributed by atoms with Crippen molar-refractivity contribution < 1.29 is 9.47 Å². The van der Waals surface area contributed by atoms with E-state index < -0.39 is 0 Å². The van der Waals surface area contributed by atoms with Gasteiger partial charge < -0.3 is 9.47 Å². The topological polar surface area (TPSA) is 18.5 Å². The maximum Gasteiger partial charge on any atom is 0.196 e. The van der Waals surface area contributed by atoms with E-state index in [4.69, 9.17) is 9.47 Å². The van der Waals surface area contributed by atoms with Gasteiger partial charge in [-0.15, -0.1) is 0 Å². The molecule has 0 saturated heterocycles. The van der Waals surface area contributed by atoms with Crippen molar-refractivity contribution in [2.24, 2.45) is 11.3 Å². The molecule has 2 heteroatoms. The Bertz CT molecular complexity index is 332. The summed E-state index contributed by atoms with van der Waals surface area (Å²) in [6.45, 7) is 19.5. The third-order valence-corrected chi connectivity index (χ3v) is 3.30. The van der Waals surface area contributed by atoms with Crippen LogP contribution in [0.2, 0.25) is 0 Å². The molecule has 0 spiro atoms. The molecular weight excluding hydrogens is 236 g/mol. The Morgan fingerprint density at radius 3 is 2.21 bits per heavy atom. The number of hydrogen-bond acceptors (Lipinski definition) is 2. The van der Waals surface area contributed by atoms with Gasteiger partial charge in [-0.05, 0) is 44.3 Å². The van der Waals surface area contributed by atoms with Gasteiger partial charge in [0.15, 0.2) is 6.29 Å². The lowest BCUT2D eigenvalue weighted by Crippen LogP contribution is -2.18. The zero-order valence-electron chi connectivity index (χ0n) is 13.6. The average Bonchev–Trinajstić information content (AvgIpc) is 2.32. The fraction of sp³-hybridized carbons (Fsp3) is 0.647. The Morgan fingerprint density at radius 1 is 1.21 bits per heavy atom. The van der Waals surface area contributed by atoms with Crippen molar-refractivity contribution in [1.82, 2.24) is 0 Å². The minimum absolute atomic E-state index is 0.219. The maximum absolute atomic E-state index is 5.67. The van der Waals surface area contributed by atoms with Crippen LogP contribution in [-0.4, -0.2) is 12.9 Å². The van der Waals surface area contributed by atoms with Gasteiger partial charge in [-0.3, -0.25) is 0 Å². The van der Waals surface area contributed by atoms with Gasteiger partial charge in [0, 0.05) is 6.61 Å². The van der Waals surface area contributed by atoms with E-state index in [2.05, 4.69) is 34.3 Å². The summed E-state index contributed by atoms with van der Waals surface area (Å²) in [6.07, 6.45) is 5.69. The van der Waals surface area contributed by atoms with E-state index in [0.29, 0.717) is 12.5 Å². The van der Waals surface area contributed by atoms with Crippen molar-refractivity contribution in [3.63, 3.8) is 0 Å². The molecule has 0 aliphatic heterocycles. The van der Waals surface area contributed by atoms with Crippen LogP contribution in [0.3, 0.4) is 0 Å². The van der Waals surface area contributed by atoms with E-state index in [1.54, 1.807) is 0 Å². The largest absolute Gasteiger partial charge is 0.466 e. The molecule has 0 aromatic rings. The first kappa shape index (κ1) is 18.0. The second-order valence-electron chi connectivity index (χ2n) is 5.83. The van der Waals surface area contributed by atoms with Crippen molar-refractivity contribution in [2.75, 3.05) is 6.61 Å². The van der Waals surface area contributed by atoms with Gasteiger partial charge in [0.25, 0.3) is 0 Å². The lowest BCUT2D eigenvalue weighted by atomic mass is 9.78. The molecule has 0 aromatic heterocycles. The van der Waals surface area contributed by atoms with Crippen molar-refractivity contribution in [3.8, 4) is 0 Å². The molecule has 0 bridgehead atoms. The van der Waals surface area contributed by atoms with Gasteiger partial charge in [-0.2, -0.15) is 0 Å². The molecule has 0 aromatic carbocycles. The second-order valence-corrected chi connectivity index (χ2v) is 5.83. The molecule has 0 saturated carbocycles. The van der Waals surface area contributed by atoms with E-state index in [9.17, 15) is 0 Å². The van der Waals surface area contributed by atoms with Crippen LogP contribution in [-0.2, 0) is 9.47 Å². The third kappa shape index (κ3) is 7.22. The number of ether oxygens (including phenoxy) is 2. The summed E-state index contributed by atoms with van der Waals surface area (Å²) in [7, 11) is 0. The second kappa shape index (κ2) is 8.21. The Morgan fingerprint density at radius 2 is 1.79 bits per heavy atom.